The van der Waals surface area contributed by atoms with Crippen LogP contribution in [0.5, 0.6) is 0 Å². The molecule has 0 atom stereocenters. The van der Waals surface area contributed by atoms with E-state index < -0.39 is 5.60 Å². The van der Waals surface area contributed by atoms with Crippen LogP contribution >= 0.6 is 0 Å². The van der Waals surface area contributed by atoms with Gasteiger partial charge in [0.05, 0.1) is 18.7 Å². The van der Waals surface area contributed by atoms with Gasteiger partial charge >= 0.3 is 0 Å². The van der Waals surface area contributed by atoms with E-state index in [1.54, 1.807) is 4.90 Å². The van der Waals surface area contributed by atoms with Gasteiger partial charge in [0.1, 0.15) is 0 Å². The molecule has 0 radical (unpaired) electrons. The lowest BCUT2D eigenvalue weighted by Crippen LogP contribution is -2.63. The largest absolute Gasteiger partial charge is 0.386 e. The molecule has 82 valence electrons. The number of hydrogen-bond acceptors (Lipinski definition) is 2. The number of unbranched alkanes of at least 4 members (excludes halogenated alkanes) is 1. The highest BCUT2D eigenvalue weighted by atomic mass is 16.3. The number of rotatable bonds is 5. The van der Waals surface area contributed by atoms with Crippen LogP contribution in [0, 0.1) is 0 Å². The van der Waals surface area contributed by atoms with Gasteiger partial charge in [0.15, 0.2) is 0 Å². The van der Waals surface area contributed by atoms with Gasteiger partial charge in [0.2, 0.25) is 5.91 Å². The number of amides is 1. The maximum atomic E-state index is 11.5. The maximum Gasteiger partial charge on any atom is 0.222 e. The minimum Gasteiger partial charge on any atom is -0.386 e. The van der Waals surface area contributed by atoms with E-state index in [1.807, 2.05) is 0 Å². The first-order valence-electron chi connectivity index (χ1n) is 5.61. The van der Waals surface area contributed by atoms with Gasteiger partial charge in [-0.2, -0.15) is 0 Å². The second-order valence-corrected chi connectivity index (χ2v) is 4.33. The summed E-state index contributed by atoms with van der Waals surface area (Å²) in [5.41, 5.74) is -0.573. The molecule has 3 nitrogen and oxygen atoms in total. The number of likely N-dealkylation sites (tertiary alicyclic amines) is 1. The number of nitrogens with zero attached hydrogens (tertiary/aromatic N) is 1. The normalized spacial score (nSPS) is 19.2. The third kappa shape index (κ3) is 2.71. The predicted molar refractivity (Wildman–Crippen MR) is 56.0 cm³/mol. The summed E-state index contributed by atoms with van der Waals surface area (Å²) >= 11 is 0. The fourth-order valence-corrected chi connectivity index (χ4v) is 1.95. The lowest BCUT2D eigenvalue weighted by atomic mass is 9.89. The van der Waals surface area contributed by atoms with Gasteiger partial charge in [-0.15, -0.1) is 0 Å². The second-order valence-electron chi connectivity index (χ2n) is 4.33. The number of β-amino-alcohol motifs (C(OH)–C–C–N with tert-alkyl or cyclic N) is 1. The first-order valence-corrected chi connectivity index (χ1v) is 5.61. The van der Waals surface area contributed by atoms with Crippen molar-refractivity contribution in [3.63, 3.8) is 0 Å². The zero-order valence-corrected chi connectivity index (χ0v) is 9.25. The molecular weight excluding hydrogens is 178 g/mol. The zero-order valence-electron chi connectivity index (χ0n) is 9.25. The van der Waals surface area contributed by atoms with Gasteiger partial charge in [-0.1, -0.05) is 26.7 Å². The van der Waals surface area contributed by atoms with Crippen LogP contribution in [-0.4, -0.2) is 34.6 Å². The Balaban J connectivity index is 2.22. The number of hydrogen-bond donors (Lipinski definition) is 1. The molecule has 1 amide bonds. The third-order valence-corrected chi connectivity index (χ3v) is 2.78. The first-order chi connectivity index (χ1) is 6.61. The van der Waals surface area contributed by atoms with Crippen LogP contribution in [0.15, 0.2) is 0 Å². The summed E-state index contributed by atoms with van der Waals surface area (Å²) in [6.45, 7) is 5.23. The molecular formula is C11H21NO2. The van der Waals surface area contributed by atoms with Crippen LogP contribution in [0.4, 0.5) is 0 Å². The van der Waals surface area contributed by atoms with Gasteiger partial charge in [-0.05, 0) is 12.8 Å². The fourth-order valence-electron chi connectivity index (χ4n) is 1.95. The van der Waals surface area contributed by atoms with E-state index in [2.05, 4.69) is 13.8 Å². The van der Waals surface area contributed by atoms with Crippen molar-refractivity contribution in [2.45, 2.75) is 51.6 Å². The van der Waals surface area contributed by atoms with Gasteiger partial charge in [0.25, 0.3) is 0 Å². The molecule has 1 heterocycles. The number of carbonyl (C=O) groups excluding carboxylic acids is 1. The highest BCUT2D eigenvalue weighted by Gasteiger charge is 2.42. The Morgan fingerprint density at radius 3 is 2.50 bits per heavy atom. The van der Waals surface area contributed by atoms with Crippen molar-refractivity contribution < 1.29 is 9.90 Å². The lowest BCUT2D eigenvalue weighted by Gasteiger charge is -2.46. The standard InChI is InChI=1S/C11H21NO2/c1-3-5-6-10(13)12-8-11(14,9-12)7-4-2/h14H,3-9H2,1-2H3. The Labute approximate surface area is 86.1 Å². The Morgan fingerprint density at radius 2 is 2.00 bits per heavy atom. The molecule has 1 saturated heterocycles. The van der Waals surface area contributed by atoms with Crippen molar-refractivity contribution in [1.82, 2.24) is 4.90 Å². The lowest BCUT2D eigenvalue weighted by molar-refractivity contribution is -0.156. The molecule has 3 heteroatoms. The molecule has 0 spiro atoms. The zero-order chi connectivity index (χ0) is 10.6. The third-order valence-electron chi connectivity index (χ3n) is 2.78. The molecule has 0 unspecified atom stereocenters. The highest BCUT2D eigenvalue weighted by molar-refractivity contribution is 5.77. The van der Waals surface area contributed by atoms with E-state index >= 15 is 0 Å². The topological polar surface area (TPSA) is 40.5 Å². The van der Waals surface area contributed by atoms with Gasteiger partial charge in [-0.25, -0.2) is 0 Å². The SMILES string of the molecule is CCCCC(=O)N1CC(O)(CCC)C1. The van der Waals surface area contributed by atoms with E-state index in [0.29, 0.717) is 19.5 Å². The average Bonchev–Trinajstić information content (AvgIpc) is 2.10. The Bertz CT molecular complexity index is 197. The van der Waals surface area contributed by atoms with E-state index in [4.69, 9.17) is 0 Å². The van der Waals surface area contributed by atoms with Crippen LogP contribution < -0.4 is 0 Å². The summed E-state index contributed by atoms with van der Waals surface area (Å²) < 4.78 is 0. The molecule has 1 aliphatic heterocycles. The first kappa shape index (κ1) is 11.5. The van der Waals surface area contributed by atoms with Crippen LogP contribution in [-0.2, 0) is 4.79 Å². The highest BCUT2D eigenvalue weighted by Crippen LogP contribution is 2.26. The number of carbonyl (C=O) groups is 1. The smallest absolute Gasteiger partial charge is 0.222 e. The Kier molecular flexibility index (Phi) is 3.93. The summed E-state index contributed by atoms with van der Waals surface area (Å²) in [6, 6.07) is 0. The van der Waals surface area contributed by atoms with Crippen molar-refractivity contribution >= 4 is 5.91 Å². The molecule has 1 rings (SSSR count). The molecule has 0 aromatic rings. The molecule has 0 aromatic carbocycles. The predicted octanol–water partition coefficient (Wildman–Crippen LogP) is 1.55. The summed E-state index contributed by atoms with van der Waals surface area (Å²) in [6.07, 6.45) is 4.44. The molecule has 0 saturated carbocycles. The van der Waals surface area contributed by atoms with Crippen molar-refractivity contribution in [1.29, 1.82) is 0 Å². The number of aliphatic hydroxyl groups is 1. The maximum absolute atomic E-state index is 11.5. The minimum atomic E-state index is -0.573. The average molecular weight is 199 g/mol. The van der Waals surface area contributed by atoms with Crippen LogP contribution in [0.3, 0.4) is 0 Å². The van der Waals surface area contributed by atoms with Gasteiger partial charge in [0, 0.05) is 6.42 Å². The van der Waals surface area contributed by atoms with E-state index in [-0.39, 0.29) is 5.91 Å². The Morgan fingerprint density at radius 1 is 1.36 bits per heavy atom. The van der Waals surface area contributed by atoms with Crippen LogP contribution in [0.1, 0.15) is 46.0 Å². The quantitative estimate of drug-likeness (QED) is 0.729. The van der Waals surface area contributed by atoms with Crippen molar-refractivity contribution in [2.24, 2.45) is 0 Å². The summed E-state index contributed by atoms with van der Waals surface area (Å²) in [5.74, 6) is 0.202. The molecule has 0 aromatic heterocycles. The molecule has 14 heavy (non-hydrogen) atoms. The van der Waals surface area contributed by atoms with Crippen molar-refractivity contribution in [2.75, 3.05) is 13.1 Å². The van der Waals surface area contributed by atoms with Crippen molar-refractivity contribution in [3.8, 4) is 0 Å². The molecule has 0 bridgehead atoms. The fraction of sp³-hybridized carbons (Fsp3) is 0.909. The van der Waals surface area contributed by atoms with Gasteiger partial charge in [-0.3, -0.25) is 4.79 Å². The second kappa shape index (κ2) is 4.78. The van der Waals surface area contributed by atoms with Gasteiger partial charge < -0.3 is 10.0 Å². The molecule has 1 N–H and O–H groups in total. The molecule has 1 aliphatic rings. The van der Waals surface area contributed by atoms with E-state index in [0.717, 1.165) is 25.7 Å². The van der Waals surface area contributed by atoms with Crippen LogP contribution in [0.25, 0.3) is 0 Å². The summed E-state index contributed by atoms with van der Waals surface area (Å²) in [7, 11) is 0. The minimum absolute atomic E-state index is 0.202. The Hall–Kier alpha value is -0.570. The summed E-state index contributed by atoms with van der Waals surface area (Å²) in [4.78, 5) is 13.3. The van der Waals surface area contributed by atoms with Crippen molar-refractivity contribution in [3.05, 3.63) is 0 Å². The van der Waals surface area contributed by atoms with E-state index in [1.165, 1.54) is 0 Å². The monoisotopic (exact) mass is 199 g/mol. The molecule has 0 aliphatic carbocycles. The van der Waals surface area contributed by atoms with Crippen LogP contribution in [0.2, 0.25) is 0 Å². The van der Waals surface area contributed by atoms with E-state index in [9.17, 15) is 9.90 Å². The summed E-state index contributed by atoms with van der Waals surface area (Å²) in [5, 5.41) is 9.86. The molecule has 1 fully saturated rings.